The summed E-state index contributed by atoms with van der Waals surface area (Å²) >= 11 is 1.58. The first-order chi connectivity index (χ1) is 12.6. The van der Waals surface area contributed by atoms with Gasteiger partial charge in [0, 0.05) is 11.8 Å². The lowest BCUT2D eigenvalue weighted by Gasteiger charge is -2.17. The summed E-state index contributed by atoms with van der Waals surface area (Å²) in [6, 6.07) is 16.8. The number of aryl methyl sites for hydroxylation is 1. The van der Waals surface area contributed by atoms with E-state index in [0.717, 1.165) is 11.3 Å². The van der Waals surface area contributed by atoms with Crippen LogP contribution in [0.5, 0.6) is 5.75 Å². The van der Waals surface area contributed by atoms with Crippen molar-refractivity contribution in [3.05, 3.63) is 59.7 Å². The summed E-state index contributed by atoms with van der Waals surface area (Å²) in [6.45, 7) is 4.54. The number of para-hydroxylation sites is 1. The van der Waals surface area contributed by atoms with Gasteiger partial charge in [0.25, 0.3) is 5.91 Å². The van der Waals surface area contributed by atoms with Crippen LogP contribution in [0.25, 0.3) is 0 Å². The van der Waals surface area contributed by atoms with Gasteiger partial charge in [-0.2, -0.15) is 5.26 Å². The van der Waals surface area contributed by atoms with Crippen molar-refractivity contribution >= 4 is 28.5 Å². The number of aliphatic imine (C=N–C) groups is 1. The van der Waals surface area contributed by atoms with Crippen LogP contribution in [0.2, 0.25) is 0 Å². The molecule has 1 aliphatic heterocycles. The van der Waals surface area contributed by atoms with Gasteiger partial charge in [-0.3, -0.25) is 9.69 Å². The minimum Gasteiger partial charge on any atom is -0.482 e. The van der Waals surface area contributed by atoms with Gasteiger partial charge >= 0.3 is 0 Å². The van der Waals surface area contributed by atoms with Crippen molar-refractivity contribution in [1.29, 1.82) is 5.26 Å². The molecule has 2 aromatic rings. The van der Waals surface area contributed by atoms with E-state index in [1.54, 1.807) is 40.9 Å². The summed E-state index contributed by atoms with van der Waals surface area (Å²) in [5.41, 5.74) is 2.37. The molecule has 2 aromatic carbocycles. The van der Waals surface area contributed by atoms with Gasteiger partial charge in [-0.25, -0.2) is 4.99 Å². The van der Waals surface area contributed by atoms with Gasteiger partial charge in [0.2, 0.25) is 0 Å². The number of thioether (sulfide) groups is 1. The van der Waals surface area contributed by atoms with Crippen molar-refractivity contribution < 1.29 is 9.53 Å². The summed E-state index contributed by atoms with van der Waals surface area (Å²) in [5, 5.41) is 10.1. The SMILES string of the molecule is Cc1cccc(N=C2S[C@H](C)CN2C(=O)COc2ccccc2C#N)c1. The van der Waals surface area contributed by atoms with E-state index in [2.05, 4.69) is 18.0 Å². The molecule has 1 aliphatic rings. The first-order valence-electron chi connectivity index (χ1n) is 8.31. The van der Waals surface area contributed by atoms with Crippen LogP contribution in [0, 0.1) is 18.3 Å². The van der Waals surface area contributed by atoms with E-state index < -0.39 is 0 Å². The minimum absolute atomic E-state index is 0.126. The zero-order valence-corrected chi connectivity index (χ0v) is 15.5. The minimum atomic E-state index is -0.166. The lowest BCUT2D eigenvalue weighted by molar-refractivity contribution is -0.129. The molecule has 0 aromatic heterocycles. The standard InChI is InChI=1S/C20H19N3O2S/c1-14-6-5-8-17(10-14)22-20-23(12-15(2)26-20)19(24)13-25-18-9-4-3-7-16(18)11-21/h3-10,15H,12-13H2,1-2H3/t15-/m1/s1. The molecule has 0 unspecified atom stereocenters. The third-order valence-corrected chi connectivity index (χ3v) is 4.94. The van der Waals surface area contributed by atoms with Gasteiger partial charge in [-0.15, -0.1) is 0 Å². The Morgan fingerprint density at radius 3 is 2.92 bits per heavy atom. The number of carbonyl (C=O) groups excluding carboxylic acids is 1. The average molecular weight is 365 g/mol. The van der Waals surface area contributed by atoms with Crippen LogP contribution in [0.3, 0.4) is 0 Å². The van der Waals surface area contributed by atoms with Crippen molar-refractivity contribution in [2.24, 2.45) is 4.99 Å². The molecule has 1 heterocycles. The first kappa shape index (κ1) is 18.0. The highest BCUT2D eigenvalue weighted by molar-refractivity contribution is 8.14. The van der Waals surface area contributed by atoms with Gasteiger partial charge < -0.3 is 4.74 Å². The summed E-state index contributed by atoms with van der Waals surface area (Å²) in [6.07, 6.45) is 0. The fraction of sp³-hybridized carbons (Fsp3) is 0.250. The van der Waals surface area contributed by atoms with Gasteiger partial charge in [-0.05, 0) is 36.8 Å². The molecule has 5 nitrogen and oxygen atoms in total. The van der Waals surface area contributed by atoms with Crippen LogP contribution in [0.1, 0.15) is 18.1 Å². The maximum absolute atomic E-state index is 12.7. The van der Waals surface area contributed by atoms with E-state index in [9.17, 15) is 4.79 Å². The molecule has 132 valence electrons. The summed E-state index contributed by atoms with van der Waals surface area (Å²) in [7, 11) is 0. The number of nitriles is 1. The van der Waals surface area contributed by atoms with E-state index in [4.69, 9.17) is 10.00 Å². The van der Waals surface area contributed by atoms with E-state index in [1.165, 1.54) is 0 Å². The van der Waals surface area contributed by atoms with E-state index >= 15 is 0 Å². The Kier molecular flexibility index (Phi) is 5.59. The van der Waals surface area contributed by atoms with Crippen LogP contribution >= 0.6 is 11.8 Å². The Bertz CT molecular complexity index is 889. The number of hydrogen-bond acceptors (Lipinski definition) is 5. The second kappa shape index (κ2) is 8.07. The highest BCUT2D eigenvalue weighted by Gasteiger charge is 2.31. The molecular formula is C20H19N3O2S. The lowest BCUT2D eigenvalue weighted by atomic mass is 10.2. The van der Waals surface area contributed by atoms with Crippen LogP contribution < -0.4 is 4.74 Å². The Hall–Kier alpha value is -2.78. The number of amides is 1. The molecule has 1 fully saturated rings. The van der Waals surface area contributed by atoms with E-state index in [0.29, 0.717) is 23.0 Å². The van der Waals surface area contributed by atoms with Gasteiger partial charge in [0.1, 0.15) is 11.8 Å². The number of amidine groups is 1. The van der Waals surface area contributed by atoms with Crippen molar-refractivity contribution in [2.75, 3.05) is 13.2 Å². The van der Waals surface area contributed by atoms with Crippen molar-refractivity contribution in [3.8, 4) is 11.8 Å². The number of rotatable bonds is 4. The largest absolute Gasteiger partial charge is 0.482 e. The summed E-state index contributed by atoms with van der Waals surface area (Å²) in [5.74, 6) is 0.251. The smallest absolute Gasteiger partial charge is 0.266 e. The Morgan fingerprint density at radius 1 is 1.35 bits per heavy atom. The molecule has 0 radical (unpaired) electrons. The van der Waals surface area contributed by atoms with E-state index in [-0.39, 0.29) is 17.8 Å². The molecule has 0 aliphatic carbocycles. The zero-order chi connectivity index (χ0) is 18.5. The molecule has 6 heteroatoms. The monoisotopic (exact) mass is 365 g/mol. The molecular weight excluding hydrogens is 346 g/mol. The van der Waals surface area contributed by atoms with Crippen LogP contribution in [0.4, 0.5) is 5.69 Å². The summed E-state index contributed by atoms with van der Waals surface area (Å²) < 4.78 is 5.58. The van der Waals surface area contributed by atoms with Crippen LogP contribution in [-0.4, -0.2) is 34.4 Å². The van der Waals surface area contributed by atoms with Crippen molar-refractivity contribution in [2.45, 2.75) is 19.1 Å². The average Bonchev–Trinajstić information content (AvgIpc) is 3.00. The Labute approximate surface area is 157 Å². The normalized spacial score (nSPS) is 18.0. The molecule has 0 spiro atoms. The van der Waals surface area contributed by atoms with Crippen LogP contribution in [-0.2, 0) is 4.79 Å². The molecule has 3 rings (SSSR count). The Morgan fingerprint density at radius 2 is 2.15 bits per heavy atom. The molecule has 1 amide bonds. The number of benzene rings is 2. The molecule has 1 atom stereocenters. The first-order valence-corrected chi connectivity index (χ1v) is 9.19. The second-order valence-electron chi connectivity index (χ2n) is 6.06. The fourth-order valence-electron chi connectivity index (χ4n) is 2.62. The van der Waals surface area contributed by atoms with Gasteiger partial charge in [-0.1, -0.05) is 43.0 Å². The van der Waals surface area contributed by atoms with Crippen molar-refractivity contribution in [1.82, 2.24) is 4.90 Å². The highest BCUT2D eigenvalue weighted by Crippen LogP contribution is 2.28. The molecule has 26 heavy (non-hydrogen) atoms. The number of hydrogen-bond donors (Lipinski definition) is 0. The predicted octanol–water partition coefficient (Wildman–Crippen LogP) is 3.90. The van der Waals surface area contributed by atoms with Crippen molar-refractivity contribution in [3.63, 3.8) is 0 Å². The predicted molar refractivity (Wildman–Crippen MR) is 104 cm³/mol. The molecule has 0 N–H and O–H groups in total. The Balaban J connectivity index is 1.74. The van der Waals surface area contributed by atoms with E-state index in [1.807, 2.05) is 31.2 Å². The van der Waals surface area contributed by atoms with Gasteiger partial charge in [0.15, 0.2) is 11.8 Å². The fourth-order valence-corrected chi connectivity index (χ4v) is 3.67. The maximum atomic E-state index is 12.7. The molecule has 1 saturated heterocycles. The second-order valence-corrected chi connectivity index (χ2v) is 7.47. The van der Waals surface area contributed by atoms with Crippen LogP contribution in [0.15, 0.2) is 53.5 Å². The molecule has 0 bridgehead atoms. The number of nitrogens with zero attached hydrogens (tertiary/aromatic N) is 3. The number of carbonyl (C=O) groups is 1. The maximum Gasteiger partial charge on any atom is 0.266 e. The quantitative estimate of drug-likeness (QED) is 0.824. The topological polar surface area (TPSA) is 65.7 Å². The highest BCUT2D eigenvalue weighted by atomic mass is 32.2. The zero-order valence-electron chi connectivity index (χ0n) is 14.7. The third kappa shape index (κ3) is 4.24. The lowest BCUT2D eigenvalue weighted by Crippen LogP contribution is -2.36. The summed E-state index contributed by atoms with van der Waals surface area (Å²) in [4.78, 5) is 19.0. The number of ether oxygens (including phenoxy) is 1. The third-order valence-electron chi connectivity index (χ3n) is 3.86. The van der Waals surface area contributed by atoms with Gasteiger partial charge in [0.05, 0.1) is 11.3 Å². The molecule has 0 saturated carbocycles.